The van der Waals surface area contributed by atoms with E-state index < -0.39 is 0 Å². The van der Waals surface area contributed by atoms with Crippen molar-refractivity contribution in [2.75, 3.05) is 11.4 Å². The molecule has 2 N–H and O–H groups in total. The third-order valence-corrected chi connectivity index (χ3v) is 3.94. The summed E-state index contributed by atoms with van der Waals surface area (Å²) in [5.41, 5.74) is 6.38. The highest BCUT2D eigenvalue weighted by atomic mass is 35.5. The number of rotatable bonds is 5. The predicted octanol–water partition coefficient (Wildman–Crippen LogP) is 3.28. The fraction of sp³-hybridized carbons (Fsp3) is 0.308. The van der Waals surface area contributed by atoms with Crippen molar-refractivity contribution in [1.29, 1.82) is 0 Å². The van der Waals surface area contributed by atoms with Crippen LogP contribution >= 0.6 is 22.9 Å². The first-order valence-electron chi connectivity index (χ1n) is 5.87. The van der Waals surface area contributed by atoms with E-state index in [1.807, 2.05) is 12.1 Å². The van der Waals surface area contributed by atoms with Gasteiger partial charge < -0.3 is 10.6 Å². The Kier molecular flexibility index (Phi) is 4.58. The number of hydrogen-bond acceptors (Lipinski definition) is 4. The van der Waals surface area contributed by atoms with Crippen LogP contribution < -0.4 is 10.6 Å². The van der Waals surface area contributed by atoms with E-state index in [2.05, 4.69) is 34.3 Å². The average Bonchev–Trinajstić information content (AvgIpc) is 2.89. The van der Waals surface area contributed by atoms with Gasteiger partial charge >= 0.3 is 0 Å². The molecule has 0 saturated heterocycles. The predicted molar refractivity (Wildman–Crippen MR) is 78.2 cm³/mol. The Morgan fingerprint density at radius 3 is 2.83 bits per heavy atom. The Morgan fingerprint density at radius 1 is 1.39 bits per heavy atom. The third kappa shape index (κ3) is 3.02. The van der Waals surface area contributed by atoms with E-state index in [9.17, 15) is 0 Å². The molecule has 0 aromatic carbocycles. The second-order valence-corrected chi connectivity index (χ2v) is 5.34. The molecule has 3 nitrogen and oxygen atoms in total. The van der Waals surface area contributed by atoms with Crippen LogP contribution in [0.4, 0.5) is 5.82 Å². The average molecular weight is 282 g/mol. The number of thiophene rings is 1. The summed E-state index contributed by atoms with van der Waals surface area (Å²) in [4.78, 5) is 8.05. The van der Waals surface area contributed by atoms with Crippen molar-refractivity contribution in [3.8, 4) is 0 Å². The molecular weight excluding hydrogens is 266 g/mol. The standard InChI is InChI=1S/C13H16ClN3S/c1-2-17(9-10-4-3-7-18-10)13-6-5-11(14)12(8-15)16-13/h3-7H,2,8-9,15H2,1H3. The minimum absolute atomic E-state index is 0.364. The quantitative estimate of drug-likeness (QED) is 0.914. The molecule has 2 heterocycles. The zero-order valence-electron chi connectivity index (χ0n) is 10.3. The fourth-order valence-electron chi connectivity index (χ4n) is 1.74. The SMILES string of the molecule is CCN(Cc1cccs1)c1ccc(Cl)c(CN)n1. The summed E-state index contributed by atoms with van der Waals surface area (Å²) < 4.78 is 0. The van der Waals surface area contributed by atoms with Crippen molar-refractivity contribution in [2.24, 2.45) is 5.73 Å². The molecule has 0 amide bonds. The molecule has 0 aliphatic rings. The van der Waals surface area contributed by atoms with Crippen molar-refractivity contribution in [3.63, 3.8) is 0 Å². The van der Waals surface area contributed by atoms with Crippen LogP contribution in [0, 0.1) is 0 Å². The van der Waals surface area contributed by atoms with Crippen LogP contribution in [0.5, 0.6) is 0 Å². The first-order chi connectivity index (χ1) is 8.74. The maximum absolute atomic E-state index is 6.03. The number of aromatic nitrogens is 1. The molecule has 2 rings (SSSR count). The van der Waals surface area contributed by atoms with E-state index >= 15 is 0 Å². The summed E-state index contributed by atoms with van der Waals surface area (Å²) in [5, 5.41) is 2.72. The van der Waals surface area contributed by atoms with Gasteiger partial charge in [0.2, 0.25) is 0 Å². The Balaban J connectivity index is 2.21. The largest absolute Gasteiger partial charge is 0.352 e. The van der Waals surface area contributed by atoms with Gasteiger partial charge in [0.1, 0.15) is 5.82 Å². The van der Waals surface area contributed by atoms with Crippen molar-refractivity contribution < 1.29 is 0 Å². The van der Waals surface area contributed by atoms with Crippen LogP contribution in [0.1, 0.15) is 17.5 Å². The number of hydrogen-bond donors (Lipinski definition) is 1. The lowest BCUT2D eigenvalue weighted by atomic mass is 10.3. The van der Waals surface area contributed by atoms with Crippen molar-refractivity contribution in [1.82, 2.24) is 4.98 Å². The lowest BCUT2D eigenvalue weighted by Crippen LogP contribution is -2.23. The van der Waals surface area contributed by atoms with Gasteiger partial charge in [-0.2, -0.15) is 0 Å². The van der Waals surface area contributed by atoms with Crippen molar-refractivity contribution in [2.45, 2.75) is 20.0 Å². The number of halogens is 1. The molecule has 0 saturated carbocycles. The van der Waals surface area contributed by atoms with Gasteiger partial charge in [-0.05, 0) is 30.5 Å². The minimum Gasteiger partial charge on any atom is -0.352 e. The molecule has 0 spiro atoms. The summed E-state index contributed by atoms with van der Waals surface area (Å²) in [6.07, 6.45) is 0. The summed E-state index contributed by atoms with van der Waals surface area (Å²) >= 11 is 7.78. The number of anilines is 1. The van der Waals surface area contributed by atoms with E-state index in [0.717, 1.165) is 24.6 Å². The molecule has 2 aromatic heterocycles. The molecule has 2 aromatic rings. The minimum atomic E-state index is 0.364. The van der Waals surface area contributed by atoms with Crippen LogP contribution in [-0.4, -0.2) is 11.5 Å². The zero-order valence-corrected chi connectivity index (χ0v) is 11.8. The normalized spacial score (nSPS) is 10.6. The van der Waals surface area contributed by atoms with E-state index in [-0.39, 0.29) is 0 Å². The molecule has 18 heavy (non-hydrogen) atoms. The molecule has 0 radical (unpaired) electrons. The Bertz CT molecular complexity index is 499. The monoisotopic (exact) mass is 281 g/mol. The van der Waals surface area contributed by atoms with Gasteiger partial charge in [-0.1, -0.05) is 17.7 Å². The van der Waals surface area contributed by atoms with Gasteiger partial charge in [-0.15, -0.1) is 11.3 Å². The Morgan fingerprint density at radius 2 is 2.22 bits per heavy atom. The highest BCUT2D eigenvalue weighted by molar-refractivity contribution is 7.09. The second kappa shape index (κ2) is 6.18. The molecule has 96 valence electrons. The van der Waals surface area contributed by atoms with Crippen LogP contribution in [0.2, 0.25) is 5.02 Å². The van der Waals surface area contributed by atoms with Gasteiger partial charge in [0, 0.05) is 18.0 Å². The summed E-state index contributed by atoms with van der Waals surface area (Å²) in [6, 6.07) is 8.00. The molecule has 0 aliphatic carbocycles. The van der Waals surface area contributed by atoms with Crippen LogP contribution in [0.15, 0.2) is 29.6 Å². The Labute approximate surface area is 116 Å². The van der Waals surface area contributed by atoms with Crippen LogP contribution in [0.3, 0.4) is 0 Å². The van der Waals surface area contributed by atoms with Crippen LogP contribution in [-0.2, 0) is 13.1 Å². The van der Waals surface area contributed by atoms with Gasteiger partial charge in [0.15, 0.2) is 0 Å². The van der Waals surface area contributed by atoms with Gasteiger partial charge in [-0.3, -0.25) is 0 Å². The first kappa shape index (κ1) is 13.3. The van der Waals surface area contributed by atoms with E-state index in [1.165, 1.54) is 4.88 Å². The van der Waals surface area contributed by atoms with E-state index in [0.29, 0.717) is 11.6 Å². The molecule has 0 bridgehead atoms. The van der Waals surface area contributed by atoms with Gasteiger partial charge in [0.05, 0.1) is 17.3 Å². The van der Waals surface area contributed by atoms with Crippen LogP contribution in [0.25, 0.3) is 0 Å². The maximum atomic E-state index is 6.03. The highest BCUT2D eigenvalue weighted by Gasteiger charge is 2.09. The Hall–Kier alpha value is -1.10. The van der Waals surface area contributed by atoms with E-state index in [4.69, 9.17) is 17.3 Å². The summed E-state index contributed by atoms with van der Waals surface area (Å²) in [5.74, 6) is 0.927. The highest BCUT2D eigenvalue weighted by Crippen LogP contribution is 2.21. The lowest BCUT2D eigenvalue weighted by Gasteiger charge is -2.22. The molecule has 0 unspecified atom stereocenters. The molecule has 0 atom stereocenters. The van der Waals surface area contributed by atoms with E-state index in [1.54, 1.807) is 11.3 Å². The summed E-state index contributed by atoms with van der Waals surface area (Å²) in [6.45, 7) is 4.25. The van der Waals surface area contributed by atoms with Crippen molar-refractivity contribution >= 4 is 28.8 Å². The smallest absolute Gasteiger partial charge is 0.129 e. The fourth-order valence-corrected chi connectivity index (χ4v) is 2.64. The van der Waals surface area contributed by atoms with Crippen molar-refractivity contribution in [3.05, 3.63) is 45.2 Å². The number of nitrogens with two attached hydrogens (primary N) is 1. The molecule has 0 aliphatic heterocycles. The summed E-state index contributed by atoms with van der Waals surface area (Å²) in [7, 11) is 0. The molecular formula is C13H16ClN3S. The molecule has 0 fully saturated rings. The first-order valence-corrected chi connectivity index (χ1v) is 7.13. The number of nitrogens with zero attached hydrogens (tertiary/aromatic N) is 2. The van der Waals surface area contributed by atoms with Gasteiger partial charge in [0.25, 0.3) is 0 Å². The lowest BCUT2D eigenvalue weighted by molar-refractivity contribution is 0.814. The maximum Gasteiger partial charge on any atom is 0.129 e. The third-order valence-electron chi connectivity index (χ3n) is 2.73. The molecule has 5 heteroatoms. The second-order valence-electron chi connectivity index (χ2n) is 3.90. The zero-order chi connectivity index (χ0) is 13.0. The van der Waals surface area contributed by atoms with Gasteiger partial charge in [-0.25, -0.2) is 4.98 Å². The number of pyridine rings is 1. The topological polar surface area (TPSA) is 42.1 Å².